The molecule has 2 N–H and O–H groups in total. The lowest BCUT2D eigenvalue weighted by Crippen LogP contribution is -2.07. The van der Waals surface area contributed by atoms with E-state index in [1.165, 1.54) is 26.4 Å². The molecule has 112 valence electrons. The highest BCUT2D eigenvalue weighted by Crippen LogP contribution is 2.35. The van der Waals surface area contributed by atoms with E-state index >= 15 is 0 Å². The molecule has 0 saturated carbocycles. The Balaban J connectivity index is 2.49. The van der Waals surface area contributed by atoms with E-state index in [0.29, 0.717) is 0 Å². The molecule has 0 aliphatic carbocycles. The summed E-state index contributed by atoms with van der Waals surface area (Å²) in [4.78, 5) is 7.78. The summed E-state index contributed by atoms with van der Waals surface area (Å²) in [5.74, 6) is -0.688. The zero-order valence-electron chi connectivity index (χ0n) is 11.2. The summed E-state index contributed by atoms with van der Waals surface area (Å²) in [6, 6.07) is 3.62. The van der Waals surface area contributed by atoms with Gasteiger partial charge in [-0.2, -0.15) is 9.97 Å². The molecule has 0 aliphatic rings. The van der Waals surface area contributed by atoms with E-state index in [-0.39, 0.29) is 33.9 Å². The van der Waals surface area contributed by atoms with Crippen LogP contribution in [0.1, 0.15) is 17.6 Å². The third-order valence-electron chi connectivity index (χ3n) is 2.78. The Kier molecular flexibility index (Phi) is 4.42. The second-order valence-electron chi connectivity index (χ2n) is 4.04. The maximum absolute atomic E-state index is 14.6. The molecular weight excluding hydrogens is 304 g/mol. The fourth-order valence-corrected chi connectivity index (χ4v) is 1.86. The van der Waals surface area contributed by atoms with E-state index in [9.17, 15) is 8.78 Å². The average molecular weight is 316 g/mol. The summed E-state index contributed by atoms with van der Waals surface area (Å²) in [7, 11) is 2.75. The SMILES string of the molecule is COc1cc(OC)nc(C(F)c2ccc(F)c(Cl)c2N)n1. The first-order valence-corrected chi connectivity index (χ1v) is 6.20. The van der Waals surface area contributed by atoms with E-state index in [0.717, 1.165) is 6.07 Å². The van der Waals surface area contributed by atoms with Gasteiger partial charge in [-0.25, -0.2) is 8.78 Å². The van der Waals surface area contributed by atoms with Crippen LogP contribution in [0, 0.1) is 5.82 Å². The van der Waals surface area contributed by atoms with Gasteiger partial charge in [0.25, 0.3) is 0 Å². The summed E-state index contributed by atoms with van der Waals surface area (Å²) >= 11 is 5.67. The second kappa shape index (κ2) is 6.09. The van der Waals surface area contributed by atoms with E-state index in [2.05, 4.69) is 9.97 Å². The first-order chi connectivity index (χ1) is 9.97. The minimum absolute atomic E-state index is 0.0308. The van der Waals surface area contributed by atoms with Gasteiger partial charge in [0.2, 0.25) is 11.8 Å². The van der Waals surface area contributed by atoms with Crippen LogP contribution in [0.25, 0.3) is 0 Å². The zero-order valence-corrected chi connectivity index (χ0v) is 12.0. The van der Waals surface area contributed by atoms with Crippen molar-refractivity contribution in [3.8, 4) is 11.8 Å². The van der Waals surface area contributed by atoms with Gasteiger partial charge >= 0.3 is 0 Å². The van der Waals surface area contributed by atoms with Crippen molar-refractivity contribution in [2.45, 2.75) is 6.17 Å². The Morgan fingerprint density at radius 1 is 1.19 bits per heavy atom. The van der Waals surface area contributed by atoms with Gasteiger partial charge in [0.05, 0.1) is 31.0 Å². The molecule has 1 unspecified atom stereocenters. The fraction of sp³-hybridized carbons (Fsp3) is 0.231. The molecule has 1 aromatic carbocycles. The molecule has 0 spiro atoms. The number of nitrogens with two attached hydrogens (primary N) is 1. The van der Waals surface area contributed by atoms with Crippen LogP contribution in [-0.4, -0.2) is 24.2 Å². The molecule has 1 heterocycles. The number of nitrogens with zero attached hydrogens (tertiary/aromatic N) is 2. The van der Waals surface area contributed by atoms with Gasteiger partial charge in [-0.3, -0.25) is 0 Å². The van der Waals surface area contributed by atoms with Crippen molar-refractivity contribution in [3.63, 3.8) is 0 Å². The molecular formula is C13H12ClF2N3O2. The second-order valence-corrected chi connectivity index (χ2v) is 4.42. The van der Waals surface area contributed by atoms with Gasteiger partial charge < -0.3 is 15.2 Å². The number of alkyl halides is 1. The predicted octanol–water partition coefficient (Wildman–Crippen LogP) is 2.93. The number of methoxy groups -OCH3 is 2. The zero-order chi connectivity index (χ0) is 15.6. The third-order valence-corrected chi connectivity index (χ3v) is 3.16. The lowest BCUT2D eigenvalue weighted by molar-refractivity contribution is 0.341. The van der Waals surface area contributed by atoms with Crippen LogP contribution >= 0.6 is 11.6 Å². The molecule has 1 aromatic heterocycles. The molecule has 0 bridgehead atoms. The Labute approximate surface area is 124 Å². The number of benzene rings is 1. The first kappa shape index (κ1) is 15.2. The van der Waals surface area contributed by atoms with Gasteiger partial charge in [-0.05, 0) is 6.07 Å². The number of hydrogen-bond acceptors (Lipinski definition) is 5. The number of ether oxygens (including phenoxy) is 2. The summed E-state index contributed by atoms with van der Waals surface area (Å²) in [6.07, 6.45) is -1.80. The summed E-state index contributed by atoms with van der Waals surface area (Å²) in [6.45, 7) is 0. The molecule has 21 heavy (non-hydrogen) atoms. The van der Waals surface area contributed by atoms with Crippen LogP contribution in [0.5, 0.6) is 11.8 Å². The number of nitrogen functional groups attached to an aromatic ring is 1. The largest absolute Gasteiger partial charge is 0.481 e. The van der Waals surface area contributed by atoms with Gasteiger partial charge in [0.15, 0.2) is 12.0 Å². The number of hydrogen-bond donors (Lipinski definition) is 1. The smallest absolute Gasteiger partial charge is 0.220 e. The minimum atomic E-state index is -1.80. The molecule has 0 fully saturated rings. The topological polar surface area (TPSA) is 70.3 Å². The van der Waals surface area contributed by atoms with Crippen LogP contribution < -0.4 is 15.2 Å². The molecule has 0 saturated heterocycles. The normalized spacial score (nSPS) is 12.0. The Hall–Kier alpha value is -2.15. The fourth-order valence-electron chi connectivity index (χ4n) is 1.68. The number of anilines is 1. The van der Waals surface area contributed by atoms with Crippen LogP contribution in [0.3, 0.4) is 0 Å². The van der Waals surface area contributed by atoms with Gasteiger partial charge in [-0.15, -0.1) is 0 Å². The Morgan fingerprint density at radius 3 is 2.29 bits per heavy atom. The molecule has 2 rings (SSSR count). The van der Waals surface area contributed by atoms with Crippen LogP contribution in [-0.2, 0) is 0 Å². The van der Waals surface area contributed by atoms with Gasteiger partial charge in [0, 0.05) is 5.56 Å². The Bertz CT molecular complexity index is 648. The van der Waals surface area contributed by atoms with Crippen molar-refractivity contribution in [1.29, 1.82) is 0 Å². The maximum atomic E-state index is 14.6. The van der Waals surface area contributed by atoms with Crippen molar-refractivity contribution >= 4 is 17.3 Å². The highest BCUT2D eigenvalue weighted by Gasteiger charge is 2.23. The monoisotopic (exact) mass is 315 g/mol. The Morgan fingerprint density at radius 2 is 1.76 bits per heavy atom. The summed E-state index contributed by atoms with van der Waals surface area (Å²) < 4.78 is 37.7. The minimum Gasteiger partial charge on any atom is -0.481 e. The van der Waals surface area contributed by atoms with Crippen molar-refractivity contribution in [2.24, 2.45) is 0 Å². The molecule has 1 atom stereocenters. The van der Waals surface area contributed by atoms with Crippen LogP contribution in [0.4, 0.5) is 14.5 Å². The van der Waals surface area contributed by atoms with Gasteiger partial charge in [0.1, 0.15) is 5.82 Å². The highest BCUT2D eigenvalue weighted by atomic mass is 35.5. The first-order valence-electron chi connectivity index (χ1n) is 5.82. The van der Waals surface area contributed by atoms with E-state index < -0.39 is 12.0 Å². The maximum Gasteiger partial charge on any atom is 0.220 e. The van der Waals surface area contributed by atoms with E-state index in [1.54, 1.807) is 0 Å². The van der Waals surface area contributed by atoms with Crippen molar-refractivity contribution in [2.75, 3.05) is 20.0 Å². The van der Waals surface area contributed by atoms with E-state index in [1.807, 2.05) is 0 Å². The van der Waals surface area contributed by atoms with Crippen molar-refractivity contribution in [3.05, 3.63) is 40.4 Å². The summed E-state index contributed by atoms with van der Waals surface area (Å²) in [5, 5.41) is -0.343. The van der Waals surface area contributed by atoms with Crippen LogP contribution in [0.15, 0.2) is 18.2 Å². The molecule has 8 heteroatoms. The molecule has 0 radical (unpaired) electrons. The number of rotatable bonds is 4. The molecule has 0 aliphatic heterocycles. The molecule has 0 amide bonds. The lowest BCUT2D eigenvalue weighted by Gasteiger charge is -2.13. The lowest BCUT2D eigenvalue weighted by atomic mass is 10.1. The van der Waals surface area contributed by atoms with Crippen LogP contribution in [0.2, 0.25) is 5.02 Å². The number of aromatic nitrogens is 2. The average Bonchev–Trinajstić information content (AvgIpc) is 2.51. The van der Waals surface area contributed by atoms with Gasteiger partial charge in [-0.1, -0.05) is 17.7 Å². The van der Waals surface area contributed by atoms with Crippen molar-refractivity contribution < 1.29 is 18.3 Å². The highest BCUT2D eigenvalue weighted by molar-refractivity contribution is 6.33. The van der Waals surface area contributed by atoms with E-state index in [4.69, 9.17) is 26.8 Å². The molecule has 5 nitrogen and oxygen atoms in total. The number of halogens is 3. The quantitative estimate of drug-likeness (QED) is 0.878. The predicted molar refractivity (Wildman–Crippen MR) is 73.9 cm³/mol. The van der Waals surface area contributed by atoms with Crippen molar-refractivity contribution in [1.82, 2.24) is 9.97 Å². The third kappa shape index (κ3) is 2.97. The summed E-state index contributed by atoms with van der Waals surface area (Å²) in [5.41, 5.74) is 5.40. The standard InChI is InChI=1S/C13H12ClF2N3O2/c1-20-8-5-9(21-2)19-13(18-8)11(16)6-3-4-7(15)10(14)12(6)17/h3-5,11H,17H2,1-2H3. The molecule has 2 aromatic rings.